The second-order valence-corrected chi connectivity index (χ2v) is 6.95. The summed E-state index contributed by atoms with van der Waals surface area (Å²) in [5.41, 5.74) is 2.14. The van der Waals surface area contributed by atoms with E-state index in [2.05, 4.69) is 5.32 Å². The van der Waals surface area contributed by atoms with Gasteiger partial charge in [0, 0.05) is 13.1 Å². The van der Waals surface area contributed by atoms with Crippen molar-refractivity contribution in [1.29, 1.82) is 0 Å². The summed E-state index contributed by atoms with van der Waals surface area (Å²) in [4.78, 5) is 24.7. The van der Waals surface area contributed by atoms with E-state index in [-0.39, 0.29) is 19.0 Å². The summed E-state index contributed by atoms with van der Waals surface area (Å²) < 4.78 is 31.6. The van der Waals surface area contributed by atoms with Crippen LogP contribution in [-0.2, 0) is 33.0 Å². The summed E-state index contributed by atoms with van der Waals surface area (Å²) in [5.74, 6) is -1.11. The highest BCUT2D eigenvalue weighted by molar-refractivity contribution is 7.79. The summed E-state index contributed by atoms with van der Waals surface area (Å²) in [6, 6.07) is 19.4. The predicted molar refractivity (Wildman–Crippen MR) is 107 cm³/mol. The third-order valence-electron chi connectivity index (χ3n) is 3.55. The lowest BCUT2D eigenvalue weighted by Gasteiger charge is -2.19. The molecule has 0 heterocycles. The van der Waals surface area contributed by atoms with Gasteiger partial charge in [-0.1, -0.05) is 60.7 Å². The molecule has 0 saturated heterocycles. The monoisotopic (exact) mass is 424 g/mol. The fraction of sp³-hybridized carbons (Fsp3) is 0.263. The van der Waals surface area contributed by atoms with Crippen molar-refractivity contribution in [3.63, 3.8) is 0 Å². The van der Waals surface area contributed by atoms with Crippen LogP contribution in [0.5, 0.6) is 0 Å². The minimum atomic E-state index is -4.67. The summed E-state index contributed by atoms with van der Waals surface area (Å²) in [6.45, 7) is 0.866. The van der Waals surface area contributed by atoms with E-state index in [1.165, 1.54) is 0 Å². The molecule has 0 unspecified atom stereocenters. The van der Waals surface area contributed by atoms with Gasteiger partial charge >= 0.3 is 16.4 Å². The first-order chi connectivity index (χ1) is 13.6. The molecule has 0 atom stereocenters. The number of hydrogen-bond acceptors (Lipinski definition) is 5. The van der Waals surface area contributed by atoms with Crippen LogP contribution in [0.1, 0.15) is 11.1 Å². The molecule has 0 fully saturated rings. The molecule has 0 bridgehead atoms. The SMILES string of the molecule is O=C(O)CN(CC(=O)NCCc1ccccc1)Cc1ccccc1.O=S(=O)(O)O. The van der Waals surface area contributed by atoms with E-state index >= 15 is 0 Å². The second kappa shape index (κ2) is 12.6. The van der Waals surface area contributed by atoms with Crippen LogP contribution in [0.3, 0.4) is 0 Å². The van der Waals surface area contributed by atoms with Gasteiger partial charge in [0.05, 0.1) is 13.1 Å². The molecule has 1 amide bonds. The van der Waals surface area contributed by atoms with Gasteiger partial charge in [0.2, 0.25) is 5.91 Å². The maximum Gasteiger partial charge on any atom is 0.394 e. The van der Waals surface area contributed by atoms with Gasteiger partial charge in [0.1, 0.15) is 0 Å². The topological polar surface area (TPSA) is 144 Å². The van der Waals surface area contributed by atoms with Gasteiger partial charge in [-0.15, -0.1) is 0 Å². The van der Waals surface area contributed by atoms with Crippen LogP contribution in [0.15, 0.2) is 60.7 Å². The van der Waals surface area contributed by atoms with Gasteiger partial charge < -0.3 is 10.4 Å². The number of nitrogens with zero attached hydrogens (tertiary/aromatic N) is 1. The molecule has 0 radical (unpaired) electrons. The van der Waals surface area contributed by atoms with Crippen molar-refractivity contribution in [3.8, 4) is 0 Å². The number of carboxylic acid groups (broad SMARTS) is 1. The van der Waals surface area contributed by atoms with Gasteiger partial charge in [0.25, 0.3) is 0 Å². The maximum atomic E-state index is 12.1. The fourth-order valence-corrected chi connectivity index (χ4v) is 2.45. The summed E-state index contributed by atoms with van der Waals surface area (Å²) in [5, 5.41) is 11.9. The molecule has 0 aliphatic carbocycles. The average molecular weight is 424 g/mol. The number of benzene rings is 2. The van der Waals surface area contributed by atoms with E-state index in [9.17, 15) is 9.59 Å². The standard InChI is InChI=1S/C19H22N2O3.H2O4S/c22-18(20-12-11-16-7-3-1-4-8-16)14-21(15-19(23)24)13-17-9-5-2-6-10-17;1-5(2,3)4/h1-10H,11-15H2,(H,20,22)(H,23,24);(H2,1,2,3,4). The van der Waals surface area contributed by atoms with Gasteiger partial charge in [-0.05, 0) is 17.5 Å². The van der Waals surface area contributed by atoms with E-state index in [0.717, 1.165) is 17.5 Å². The third kappa shape index (κ3) is 13.9. The smallest absolute Gasteiger partial charge is 0.394 e. The first-order valence-electron chi connectivity index (χ1n) is 8.62. The fourth-order valence-electron chi connectivity index (χ4n) is 2.45. The van der Waals surface area contributed by atoms with Crippen molar-refractivity contribution >= 4 is 22.3 Å². The van der Waals surface area contributed by atoms with E-state index in [4.69, 9.17) is 22.6 Å². The Labute approximate surface area is 169 Å². The van der Waals surface area contributed by atoms with Gasteiger partial charge in [-0.2, -0.15) is 8.42 Å². The Hall–Kier alpha value is -2.79. The molecule has 9 nitrogen and oxygen atoms in total. The van der Waals surface area contributed by atoms with Crippen LogP contribution in [0.25, 0.3) is 0 Å². The zero-order chi connectivity index (χ0) is 21.7. The Morgan fingerprint density at radius 2 is 1.34 bits per heavy atom. The molecule has 2 aromatic rings. The minimum absolute atomic E-state index is 0.0655. The number of carbonyl (C=O) groups excluding carboxylic acids is 1. The highest BCUT2D eigenvalue weighted by atomic mass is 32.3. The molecular formula is C19H24N2O7S. The van der Waals surface area contributed by atoms with Gasteiger partial charge in [-0.25, -0.2) is 0 Å². The van der Waals surface area contributed by atoms with Crippen LogP contribution < -0.4 is 5.32 Å². The lowest BCUT2D eigenvalue weighted by atomic mass is 10.1. The molecule has 2 rings (SSSR count). The zero-order valence-electron chi connectivity index (χ0n) is 15.6. The van der Waals surface area contributed by atoms with E-state index in [1.807, 2.05) is 60.7 Å². The highest BCUT2D eigenvalue weighted by Gasteiger charge is 2.14. The van der Waals surface area contributed by atoms with Crippen molar-refractivity contribution in [1.82, 2.24) is 10.2 Å². The number of carboxylic acids is 1. The first kappa shape index (κ1) is 24.2. The molecular weight excluding hydrogens is 400 g/mol. The Balaban J connectivity index is 0.000000749. The van der Waals surface area contributed by atoms with Gasteiger partial charge in [0.15, 0.2) is 0 Å². The van der Waals surface area contributed by atoms with Crippen molar-refractivity contribution < 1.29 is 32.2 Å². The normalized spacial score (nSPS) is 10.7. The molecule has 29 heavy (non-hydrogen) atoms. The molecule has 0 aromatic heterocycles. The quantitative estimate of drug-likeness (QED) is 0.441. The van der Waals surface area contributed by atoms with Crippen LogP contribution >= 0.6 is 0 Å². The molecule has 4 N–H and O–H groups in total. The van der Waals surface area contributed by atoms with Crippen molar-refractivity contribution in [2.75, 3.05) is 19.6 Å². The Kier molecular flexibility index (Phi) is 10.6. The molecule has 0 saturated carbocycles. The summed E-state index contributed by atoms with van der Waals surface area (Å²) in [6.07, 6.45) is 0.754. The van der Waals surface area contributed by atoms with Crippen molar-refractivity contribution in [3.05, 3.63) is 71.8 Å². The number of aliphatic carboxylic acids is 1. The molecule has 10 heteroatoms. The minimum Gasteiger partial charge on any atom is -0.480 e. The van der Waals surface area contributed by atoms with Gasteiger partial charge in [-0.3, -0.25) is 23.6 Å². The van der Waals surface area contributed by atoms with Crippen LogP contribution in [-0.4, -0.2) is 59.0 Å². The summed E-state index contributed by atoms with van der Waals surface area (Å²) in [7, 11) is -4.67. The molecule has 0 aliphatic heterocycles. The first-order valence-corrected chi connectivity index (χ1v) is 10.0. The Morgan fingerprint density at radius 1 is 0.862 bits per heavy atom. The lowest BCUT2D eigenvalue weighted by molar-refractivity contribution is -0.138. The highest BCUT2D eigenvalue weighted by Crippen LogP contribution is 2.04. The number of nitrogens with one attached hydrogen (secondary N) is 1. The average Bonchev–Trinajstić information content (AvgIpc) is 2.61. The van der Waals surface area contributed by atoms with Crippen LogP contribution in [0, 0.1) is 0 Å². The number of hydrogen-bond donors (Lipinski definition) is 4. The molecule has 2 aromatic carbocycles. The zero-order valence-corrected chi connectivity index (χ0v) is 16.5. The third-order valence-corrected chi connectivity index (χ3v) is 3.55. The Bertz CT molecular complexity index is 851. The van der Waals surface area contributed by atoms with E-state index < -0.39 is 16.4 Å². The summed E-state index contributed by atoms with van der Waals surface area (Å²) >= 11 is 0. The predicted octanol–water partition coefficient (Wildman–Crippen LogP) is 1.28. The van der Waals surface area contributed by atoms with E-state index in [1.54, 1.807) is 4.90 Å². The largest absolute Gasteiger partial charge is 0.480 e. The molecule has 0 spiro atoms. The number of carbonyl (C=O) groups is 2. The maximum absolute atomic E-state index is 12.1. The molecule has 158 valence electrons. The van der Waals surface area contributed by atoms with Crippen molar-refractivity contribution in [2.45, 2.75) is 13.0 Å². The number of rotatable bonds is 9. The lowest BCUT2D eigenvalue weighted by Crippen LogP contribution is -2.40. The Morgan fingerprint density at radius 3 is 1.83 bits per heavy atom. The second-order valence-electron chi connectivity index (χ2n) is 6.06. The number of amides is 1. The molecule has 0 aliphatic rings. The van der Waals surface area contributed by atoms with Crippen LogP contribution in [0.2, 0.25) is 0 Å². The van der Waals surface area contributed by atoms with Crippen LogP contribution in [0.4, 0.5) is 0 Å². The van der Waals surface area contributed by atoms with Crippen molar-refractivity contribution in [2.24, 2.45) is 0 Å². The van der Waals surface area contributed by atoms with E-state index in [0.29, 0.717) is 13.1 Å².